The predicted molar refractivity (Wildman–Crippen MR) is 166 cm³/mol. The third-order valence-corrected chi connectivity index (χ3v) is 13.8. The fourth-order valence-electron chi connectivity index (χ4n) is 11.3. The topological polar surface area (TPSA) is 176 Å². The molecule has 6 fully saturated rings. The van der Waals surface area contributed by atoms with Crippen LogP contribution in [-0.2, 0) is 48.2 Å². The van der Waals surface area contributed by atoms with Crippen LogP contribution in [0.4, 0.5) is 0 Å². The van der Waals surface area contributed by atoms with Crippen molar-refractivity contribution in [1.82, 2.24) is 0 Å². The molecule has 1 heterocycles. The van der Waals surface area contributed by atoms with Crippen molar-refractivity contribution in [3.63, 3.8) is 0 Å². The van der Waals surface area contributed by atoms with Crippen molar-refractivity contribution < 1.29 is 48.2 Å². The second-order valence-electron chi connectivity index (χ2n) is 16.3. The van der Waals surface area contributed by atoms with Gasteiger partial charge in [-0.2, -0.15) is 19.6 Å². The molecule has 0 unspecified atom stereocenters. The molecule has 264 valence electrons. The molecule has 5 aliphatic carbocycles. The Labute approximate surface area is 277 Å². The van der Waals surface area contributed by atoms with E-state index in [9.17, 15) is 19.2 Å². The molecule has 2 amide bonds. The van der Waals surface area contributed by atoms with Crippen molar-refractivity contribution in [2.75, 3.05) is 0 Å². The Bertz CT molecular complexity index is 1240. The molecule has 4 N–H and O–H groups in total. The van der Waals surface area contributed by atoms with Crippen LogP contribution in [0.25, 0.3) is 0 Å². The van der Waals surface area contributed by atoms with Crippen LogP contribution in [-0.4, -0.2) is 47.5 Å². The monoisotopic (exact) mass is 662 g/mol. The van der Waals surface area contributed by atoms with E-state index in [2.05, 4.69) is 20.8 Å². The van der Waals surface area contributed by atoms with Crippen molar-refractivity contribution in [3.8, 4) is 0 Å². The Hall–Kier alpha value is -2.28. The summed E-state index contributed by atoms with van der Waals surface area (Å²) in [6.07, 6.45) is 7.40. The van der Waals surface area contributed by atoms with E-state index in [4.69, 9.17) is 40.5 Å². The first kappa shape index (κ1) is 34.6. The SMILES string of the molecule is CC(=O)O[C@H]1C[C@H]2[C@@H]([C@H](OC(C)=O)C[C@@H]3CC4(CC[C@@]32C)OOC2(CCC(C(N)=O)CC2)OO4)[C@@H]2CC[C@H]([C@H](C)CCC(N)=O)[C@@]12C. The minimum atomic E-state index is -1.10. The highest BCUT2D eigenvalue weighted by molar-refractivity contribution is 5.76. The number of carbonyl (C=O) groups is 4. The summed E-state index contributed by atoms with van der Waals surface area (Å²) in [6, 6.07) is 0. The smallest absolute Gasteiger partial charge is 0.302 e. The first-order valence-corrected chi connectivity index (χ1v) is 17.8. The summed E-state index contributed by atoms with van der Waals surface area (Å²) >= 11 is 0. The summed E-state index contributed by atoms with van der Waals surface area (Å²) in [5.74, 6) is -2.68. The molecule has 0 aromatic carbocycles. The zero-order valence-electron chi connectivity index (χ0n) is 28.6. The molecule has 10 atom stereocenters. The molecular weight excluding hydrogens is 608 g/mol. The van der Waals surface area contributed by atoms with Gasteiger partial charge in [0, 0.05) is 63.2 Å². The molecule has 1 saturated heterocycles. The average Bonchev–Trinajstić information content (AvgIpc) is 3.37. The third-order valence-electron chi connectivity index (χ3n) is 13.8. The van der Waals surface area contributed by atoms with E-state index in [-0.39, 0.29) is 88.2 Å². The molecular formula is C35H54N2O10. The highest BCUT2D eigenvalue weighted by atomic mass is 17.4. The lowest BCUT2D eigenvalue weighted by Crippen LogP contribution is -2.65. The molecule has 0 bridgehead atoms. The van der Waals surface area contributed by atoms with Gasteiger partial charge < -0.3 is 20.9 Å². The lowest BCUT2D eigenvalue weighted by atomic mass is 9.42. The van der Waals surface area contributed by atoms with E-state index in [1.165, 1.54) is 13.8 Å². The largest absolute Gasteiger partial charge is 0.462 e. The molecule has 12 nitrogen and oxygen atoms in total. The summed E-state index contributed by atoms with van der Waals surface area (Å²) in [7, 11) is 0. The van der Waals surface area contributed by atoms with Crippen molar-refractivity contribution in [1.29, 1.82) is 0 Å². The van der Waals surface area contributed by atoms with Gasteiger partial charge in [0.2, 0.25) is 23.4 Å². The molecule has 6 aliphatic rings. The number of ether oxygens (including phenoxy) is 2. The molecule has 6 rings (SSSR count). The molecule has 47 heavy (non-hydrogen) atoms. The number of nitrogens with two attached hydrogens (primary N) is 2. The Kier molecular flexibility index (Phi) is 9.24. The van der Waals surface area contributed by atoms with Gasteiger partial charge in [0.05, 0.1) is 0 Å². The lowest BCUT2D eigenvalue weighted by molar-refractivity contribution is -0.665. The number of carbonyl (C=O) groups excluding carboxylic acids is 4. The van der Waals surface area contributed by atoms with Gasteiger partial charge in [0.1, 0.15) is 12.2 Å². The van der Waals surface area contributed by atoms with Gasteiger partial charge in [-0.3, -0.25) is 19.2 Å². The van der Waals surface area contributed by atoms with Crippen LogP contribution in [0.1, 0.15) is 118 Å². The van der Waals surface area contributed by atoms with Crippen LogP contribution in [0.2, 0.25) is 0 Å². The Balaban J connectivity index is 1.25. The van der Waals surface area contributed by atoms with Crippen molar-refractivity contribution in [2.45, 2.75) is 142 Å². The van der Waals surface area contributed by atoms with Gasteiger partial charge in [-0.1, -0.05) is 20.8 Å². The number of primary amides is 2. The quantitative estimate of drug-likeness (QED) is 0.289. The molecule has 0 aromatic heterocycles. The lowest BCUT2D eigenvalue weighted by Gasteiger charge is -2.65. The number of rotatable bonds is 7. The zero-order valence-corrected chi connectivity index (χ0v) is 28.6. The van der Waals surface area contributed by atoms with Crippen LogP contribution in [0.3, 0.4) is 0 Å². The maximum Gasteiger partial charge on any atom is 0.302 e. The molecule has 12 heteroatoms. The Morgan fingerprint density at radius 1 is 0.809 bits per heavy atom. The van der Waals surface area contributed by atoms with E-state index < -0.39 is 11.6 Å². The molecule has 5 saturated carbocycles. The highest BCUT2D eigenvalue weighted by Gasteiger charge is 2.69. The van der Waals surface area contributed by atoms with Crippen LogP contribution in [0.15, 0.2) is 0 Å². The zero-order chi connectivity index (χ0) is 33.9. The minimum Gasteiger partial charge on any atom is -0.462 e. The van der Waals surface area contributed by atoms with Crippen molar-refractivity contribution in [3.05, 3.63) is 0 Å². The number of hydrogen-bond donors (Lipinski definition) is 2. The predicted octanol–water partition coefficient (Wildman–Crippen LogP) is 4.61. The minimum absolute atomic E-state index is 0.0581. The first-order chi connectivity index (χ1) is 22.1. The molecule has 0 aromatic rings. The van der Waals surface area contributed by atoms with E-state index in [1.54, 1.807) is 0 Å². The third kappa shape index (κ3) is 6.10. The molecule has 2 spiro atoms. The van der Waals surface area contributed by atoms with Gasteiger partial charge in [0.15, 0.2) is 0 Å². The van der Waals surface area contributed by atoms with Crippen molar-refractivity contribution in [2.24, 2.45) is 63.7 Å². The normalized spacial score (nSPS) is 46.5. The van der Waals surface area contributed by atoms with Crippen LogP contribution in [0.5, 0.6) is 0 Å². The van der Waals surface area contributed by atoms with Crippen LogP contribution in [0, 0.1) is 52.3 Å². The van der Waals surface area contributed by atoms with Crippen LogP contribution < -0.4 is 11.5 Å². The molecule has 0 radical (unpaired) electrons. The average molecular weight is 663 g/mol. The maximum atomic E-state index is 12.6. The fraction of sp³-hybridized carbons (Fsp3) is 0.886. The van der Waals surface area contributed by atoms with Gasteiger partial charge in [0.25, 0.3) is 0 Å². The Morgan fingerprint density at radius 2 is 1.45 bits per heavy atom. The summed E-state index contributed by atoms with van der Waals surface area (Å²) in [6.45, 7) is 9.73. The summed E-state index contributed by atoms with van der Waals surface area (Å²) in [5.41, 5.74) is 10.5. The number of amides is 2. The van der Waals surface area contributed by atoms with Gasteiger partial charge in [-0.15, -0.1) is 0 Å². The fourth-order valence-corrected chi connectivity index (χ4v) is 11.3. The van der Waals surface area contributed by atoms with E-state index in [0.29, 0.717) is 64.2 Å². The van der Waals surface area contributed by atoms with Crippen molar-refractivity contribution >= 4 is 23.8 Å². The summed E-state index contributed by atoms with van der Waals surface area (Å²) in [4.78, 5) is 72.7. The number of hydrogen-bond acceptors (Lipinski definition) is 10. The van der Waals surface area contributed by atoms with Crippen LogP contribution >= 0.6 is 0 Å². The summed E-state index contributed by atoms with van der Waals surface area (Å²) in [5, 5.41) is 0. The highest BCUT2D eigenvalue weighted by Crippen LogP contribution is 2.70. The maximum absolute atomic E-state index is 12.6. The Morgan fingerprint density at radius 3 is 2.04 bits per heavy atom. The van der Waals surface area contributed by atoms with E-state index in [0.717, 1.165) is 19.3 Å². The van der Waals surface area contributed by atoms with Gasteiger partial charge in [-0.25, -0.2) is 0 Å². The standard InChI is InChI=1S/C35H54N2O10/c1-19(6-9-29(36)40)24-7-8-25-30-26(17-28(33(24,25)5)43-21(3)39)32(4)14-15-35(18-23(32)16-27(30)42-20(2)38)46-44-34(45-47-35)12-10-22(11-13-34)31(37)41/h19,22-28,30H,6-18H2,1-5H3,(H2,36,40)(H2,37,41)/t19-,22?,23-,24-,25+,26+,27-,28+,30+,32+,33-,34?,35?/m1/s1. The number of fused-ring (bicyclic) bond motifs is 5. The van der Waals surface area contributed by atoms with E-state index >= 15 is 0 Å². The first-order valence-electron chi connectivity index (χ1n) is 17.8. The number of esters is 2. The van der Waals surface area contributed by atoms with Gasteiger partial charge in [-0.05, 0) is 86.4 Å². The summed E-state index contributed by atoms with van der Waals surface area (Å²) < 4.78 is 12.4. The molecule has 1 aliphatic heterocycles. The van der Waals surface area contributed by atoms with Gasteiger partial charge >= 0.3 is 11.9 Å². The second-order valence-corrected chi connectivity index (χ2v) is 16.3. The second kappa shape index (κ2) is 12.6. The van der Waals surface area contributed by atoms with E-state index in [1.807, 2.05) is 0 Å².